The van der Waals surface area contributed by atoms with E-state index in [1.54, 1.807) is 31.3 Å². The molecule has 5 rings (SSSR count). The number of rotatable bonds is 10. The molecule has 1 aliphatic rings. The summed E-state index contributed by atoms with van der Waals surface area (Å²) in [4.78, 5) is 68.7. The highest BCUT2D eigenvalue weighted by Crippen LogP contribution is 2.27. The molecule has 0 radical (unpaired) electrons. The predicted octanol–water partition coefficient (Wildman–Crippen LogP) is 4.84. The largest absolute Gasteiger partial charge is 0.467 e. The van der Waals surface area contributed by atoms with Gasteiger partial charge < -0.3 is 19.5 Å². The summed E-state index contributed by atoms with van der Waals surface area (Å²) < 4.78 is 15.5. The molecule has 0 saturated carbocycles. The number of anilines is 2. The van der Waals surface area contributed by atoms with Gasteiger partial charge in [0.1, 0.15) is 12.6 Å². The number of hydrogen-bond acceptors (Lipinski definition) is 12. The summed E-state index contributed by atoms with van der Waals surface area (Å²) in [5, 5.41) is 14.3. The van der Waals surface area contributed by atoms with Crippen molar-refractivity contribution in [2.45, 2.75) is 47.1 Å². The maximum absolute atomic E-state index is 12.3. The second kappa shape index (κ2) is 21.9. The van der Waals surface area contributed by atoms with Gasteiger partial charge in [0.05, 0.1) is 55.1 Å². The zero-order chi connectivity index (χ0) is 41.2. The summed E-state index contributed by atoms with van der Waals surface area (Å²) in [6.07, 6.45) is 3.35. The Bertz CT molecular complexity index is 2010. The Morgan fingerprint density at radius 1 is 0.982 bits per heavy atom. The van der Waals surface area contributed by atoms with Crippen LogP contribution < -0.4 is 21.0 Å². The van der Waals surface area contributed by atoms with Crippen LogP contribution in [0.2, 0.25) is 0 Å². The first-order valence-electron chi connectivity index (χ1n) is 17.5. The number of nitrogens with zero attached hydrogens (tertiary/aromatic N) is 7. The van der Waals surface area contributed by atoms with Crippen LogP contribution in [0.15, 0.2) is 77.1 Å². The van der Waals surface area contributed by atoms with E-state index >= 15 is 0 Å². The fraction of sp³-hybridized carbons (Fsp3) is 0.342. The molecule has 18 nitrogen and oxygen atoms in total. The van der Waals surface area contributed by atoms with E-state index in [2.05, 4.69) is 41.0 Å². The summed E-state index contributed by atoms with van der Waals surface area (Å²) in [7, 11) is 4.01. The molecule has 0 aliphatic carbocycles. The third-order valence-electron chi connectivity index (χ3n) is 7.81. The van der Waals surface area contributed by atoms with Gasteiger partial charge in [-0.15, -0.1) is 0 Å². The standard InChI is InChI=1S/C15H21NO4.C13H16N4O3.C10H11N5O/c1-10-7-6-8-11(2)14(10)16(13(17)9-19-4)12(3)15(18)20-5;1-3-8-14-12(18)17-10-7-5-4-6-9(10)15-11(17)16-13(19)20-2;1-8-7-15(10(16)14-13-8)12-6-9-4-2-3-5-11-9/h6-8,12H,9H2,1-5H3;4-7H,3,8H2,1-2H3,(H,14,18)(H,15,16,19);2-6H,7H2,1H3,(H,14,16)/b;;12-6+. The number of pyridine rings is 1. The minimum Gasteiger partial charge on any atom is -0.467 e. The third kappa shape index (κ3) is 12.2. The first kappa shape index (κ1) is 43.7. The van der Waals surface area contributed by atoms with Crippen molar-refractivity contribution in [2.24, 2.45) is 10.2 Å². The molecule has 298 valence electrons. The molecular weight excluding hydrogens is 724 g/mol. The number of fused-ring (bicyclic) bond motifs is 1. The Balaban J connectivity index is 0.000000227. The number of aromatic nitrogens is 3. The molecule has 0 saturated heterocycles. The van der Waals surface area contributed by atoms with Crippen molar-refractivity contribution >= 4 is 64.6 Å². The average Bonchev–Trinajstić information content (AvgIpc) is 3.56. The normalized spacial score (nSPS) is 12.5. The lowest BCUT2D eigenvalue weighted by Gasteiger charge is -2.30. The van der Waals surface area contributed by atoms with E-state index in [0.717, 1.165) is 28.9 Å². The Morgan fingerprint density at radius 2 is 1.68 bits per heavy atom. The van der Waals surface area contributed by atoms with Gasteiger partial charge in [-0.3, -0.25) is 20.0 Å². The van der Waals surface area contributed by atoms with Gasteiger partial charge in [-0.2, -0.15) is 10.2 Å². The highest BCUT2D eigenvalue weighted by atomic mass is 16.5. The van der Waals surface area contributed by atoms with Gasteiger partial charge in [-0.05, 0) is 69.5 Å². The lowest BCUT2D eigenvalue weighted by molar-refractivity contribution is -0.143. The van der Waals surface area contributed by atoms with Crippen LogP contribution >= 0.6 is 0 Å². The van der Waals surface area contributed by atoms with Crippen molar-refractivity contribution in [1.82, 2.24) is 30.3 Å². The van der Waals surface area contributed by atoms with Gasteiger partial charge >= 0.3 is 24.1 Å². The van der Waals surface area contributed by atoms with Gasteiger partial charge in [-0.25, -0.2) is 39.2 Å². The van der Waals surface area contributed by atoms with Crippen LogP contribution in [-0.4, -0.2) is 109 Å². The summed E-state index contributed by atoms with van der Waals surface area (Å²) in [5.74, 6) is -0.605. The number of esters is 1. The summed E-state index contributed by atoms with van der Waals surface area (Å²) in [5.41, 5.74) is 7.67. The molecule has 2 aromatic heterocycles. The molecule has 0 spiro atoms. The molecule has 0 bridgehead atoms. The van der Waals surface area contributed by atoms with Gasteiger partial charge in [-0.1, -0.05) is 43.3 Å². The van der Waals surface area contributed by atoms with Crippen LogP contribution in [0.1, 0.15) is 44.0 Å². The smallest absolute Gasteiger partial charge is 0.413 e. The summed E-state index contributed by atoms with van der Waals surface area (Å²) in [6.45, 7) is 10.1. The van der Waals surface area contributed by atoms with Gasteiger partial charge in [0, 0.05) is 19.9 Å². The number of carbonyl (C=O) groups is 5. The highest BCUT2D eigenvalue weighted by molar-refractivity contribution is 6.01. The zero-order valence-corrected chi connectivity index (χ0v) is 32.7. The lowest BCUT2D eigenvalue weighted by Crippen LogP contribution is -2.46. The van der Waals surface area contributed by atoms with Crippen LogP contribution in [-0.2, 0) is 23.8 Å². The van der Waals surface area contributed by atoms with Crippen molar-refractivity contribution in [3.63, 3.8) is 0 Å². The Morgan fingerprint density at radius 3 is 2.30 bits per heavy atom. The van der Waals surface area contributed by atoms with E-state index in [9.17, 15) is 24.0 Å². The Hall–Kier alpha value is -6.69. The van der Waals surface area contributed by atoms with E-state index in [1.807, 2.05) is 70.2 Å². The second-order valence-corrected chi connectivity index (χ2v) is 12.1. The van der Waals surface area contributed by atoms with Crippen LogP contribution in [0.3, 0.4) is 0 Å². The number of urea groups is 1. The molecule has 5 amide bonds. The molecule has 2 aromatic carbocycles. The maximum Gasteiger partial charge on any atom is 0.413 e. The molecule has 1 atom stereocenters. The SMILES string of the molecule is CC1=NNC(=O)N(/N=C/c2ccccn2)C1.CCCNC(=O)n1c(NC(=O)OC)nc2ccccc21.COCC(=O)N(c1c(C)cccc1C)C(C)C(=O)OC. The average molecular weight is 773 g/mol. The third-order valence-corrected chi connectivity index (χ3v) is 7.81. The number of nitrogens with one attached hydrogen (secondary N) is 3. The van der Waals surface area contributed by atoms with E-state index in [-0.39, 0.29) is 30.5 Å². The van der Waals surface area contributed by atoms with Crippen molar-refractivity contribution in [1.29, 1.82) is 0 Å². The van der Waals surface area contributed by atoms with Crippen molar-refractivity contribution in [3.05, 3.63) is 83.7 Å². The first-order chi connectivity index (χ1) is 26.9. The number of carbonyl (C=O) groups excluding carboxylic acids is 5. The topological polar surface area (TPSA) is 211 Å². The second-order valence-electron chi connectivity index (χ2n) is 12.1. The number of benzene rings is 2. The molecule has 0 fully saturated rings. The number of amides is 5. The number of hydrogen-bond donors (Lipinski definition) is 3. The number of para-hydroxylation sites is 3. The van der Waals surface area contributed by atoms with Crippen molar-refractivity contribution in [3.8, 4) is 0 Å². The quantitative estimate of drug-likeness (QED) is 0.147. The monoisotopic (exact) mass is 772 g/mol. The lowest BCUT2D eigenvalue weighted by atomic mass is 10.1. The van der Waals surface area contributed by atoms with Crippen LogP contribution in [0.5, 0.6) is 0 Å². The van der Waals surface area contributed by atoms with E-state index in [4.69, 9.17) is 9.47 Å². The van der Waals surface area contributed by atoms with Gasteiger partial charge in [0.25, 0.3) is 5.91 Å². The summed E-state index contributed by atoms with van der Waals surface area (Å²) >= 11 is 0. The van der Waals surface area contributed by atoms with Crippen LogP contribution in [0.4, 0.5) is 26.0 Å². The first-order valence-corrected chi connectivity index (χ1v) is 17.5. The summed E-state index contributed by atoms with van der Waals surface area (Å²) in [6, 6.07) is 17.0. The number of imidazole rings is 1. The number of methoxy groups -OCH3 is 3. The van der Waals surface area contributed by atoms with Gasteiger partial charge in [0.15, 0.2) is 0 Å². The number of ether oxygens (including phenoxy) is 3. The highest BCUT2D eigenvalue weighted by Gasteiger charge is 2.30. The minimum absolute atomic E-state index is 0.0882. The van der Waals surface area contributed by atoms with Crippen molar-refractivity contribution < 1.29 is 38.2 Å². The molecule has 1 aliphatic heterocycles. The molecule has 4 aromatic rings. The van der Waals surface area contributed by atoms with Crippen LogP contribution in [0, 0.1) is 13.8 Å². The van der Waals surface area contributed by atoms with E-state index in [1.165, 1.54) is 42.0 Å². The molecule has 3 N–H and O–H groups in total. The van der Waals surface area contributed by atoms with E-state index in [0.29, 0.717) is 29.8 Å². The van der Waals surface area contributed by atoms with Crippen molar-refractivity contribution in [2.75, 3.05) is 51.2 Å². The molecule has 1 unspecified atom stereocenters. The van der Waals surface area contributed by atoms with Gasteiger partial charge in [0.2, 0.25) is 5.95 Å². The van der Waals surface area contributed by atoms with E-state index < -0.39 is 18.1 Å². The van der Waals surface area contributed by atoms with Crippen LogP contribution in [0.25, 0.3) is 11.0 Å². The molecule has 3 heterocycles. The predicted molar refractivity (Wildman–Crippen MR) is 212 cm³/mol. The minimum atomic E-state index is -0.706. The fourth-order valence-electron chi connectivity index (χ4n) is 5.16. The molecule has 56 heavy (non-hydrogen) atoms. The Labute approximate surface area is 324 Å². The molecular formula is C38H48N10O8. The number of aryl methyl sites for hydroxylation is 2. The number of hydrazone groups is 2. The maximum atomic E-state index is 12.3. The fourth-order valence-corrected chi connectivity index (χ4v) is 5.16. The molecule has 18 heteroatoms. The Kier molecular flexibility index (Phi) is 17.1. The zero-order valence-electron chi connectivity index (χ0n) is 32.7.